The quantitative estimate of drug-likeness (QED) is 0.868. The number of aryl methyl sites for hydroxylation is 1. The topological polar surface area (TPSA) is 15.3 Å². The number of nitrogens with zero attached hydrogens (tertiary/aromatic N) is 1. The van der Waals surface area contributed by atoms with Gasteiger partial charge in [-0.25, -0.2) is 4.39 Å². The average molecular weight is 296 g/mol. The van der Waals surface area contributed by atoms with Gasteiger partial charge in [0.25, 0.3) is 0 Å². The third-order valence-corrected chi connectivity index (χ3v) is 5.39. The fourth-order valence-electron chi connectivity index (χ4n) is 2.69. The van der Waals surface area contributed by atoms with Crippen molar-refractivity contribution in [1.29, 1.82) is 0 Å². The van der Waals surface area contributed by atoms with Crippen LogP contribution >= 0.6 is 11.8 Å². The lowest BCUT2D eigenvalue weighted by Gasteiger charge is -2.26. The van der Waals surface area contributed by atoms with E-state index in [1.807, 2.05) is 30.9 Å². The van der Waals surface area contributed by atoms with E-state index in [1.165, 1.54) is 17.9 Å². The first-order valence-electron chi connectivity index (χ1n) is 7.33. The molecule has 1 N–H and O–H groups in total. The Hall–Kier alpha value is -0.580. The maximum absolute atomic E-state index is 13.7. The van der Waals surface area contributed by atoms with Gasteiger partial charge in [-0.2, -0.15) is 11.8 Å². The van der Waals surface area contributed by atoms with Gasteiger partial charge >= 0.3 is 0 Å². The Morgan fingerprint density at radius 3 is 2.90 bits per heavy atom. The molecule has 1 aromatic rings. The molecule has 0 aromatic heterocycles. The van der Waals surface area contributed by atoms with E-state index in [-0.39, 0.29) is 11.9 Å². The van der Waals surface area contributed by atoms with Crippen molar-refractivity contribution < 1.29 is 4.39 Å². The van der Waals surface area contributed by atoms with Gasteiger partial charge < -0.3 is 10.2 Å². The Morgan fingerprint density at radius 1 is 1.50 bits per heavy atom. The SMILES string of the molecule is CNC(CCN(C)C1CCSC1)c1ccc(C)c(F)c1. The molecule has 2 atom stereocenters. The van der Waals surface area contributed by atoms with Gasteiger partial charge in [-0.05, 0) is 63.4 Å². The summed E-state index contributed by atoms with van der Waals surface area (Å²) < 4.78 is 13.7. The largest absolute Gasteiger partial charge is 0.313 e. The summed E-state index contributed by atoms with van der Waals surface area (Å²) in [6.07, 6.45) is 2.31. The number of hydrogen-bond acceptors (Lipinski definition) is 3. The summed E-state index contributed by atoms with van der Waals surface area (Å²) in [6, 6.07) is 6.51. The minimum absolute atomic E-state index is 0.108. The number of halogens is 1. The fraction of sp³-hybridized carbons (Fsp3) is 0.625. The monoisotopic (exact) mass is 296 g/mol. The van der Waals surface area contributed by atoms with Crippen LogP contribution in [0, 0.1) is 12.7 Å². The molecule has 20 heavy (non-hydrogen) atoms. The molecule has 4 heteroatoms. The predicted octanol–water partition coefficient (Wildman–Crippen LogP) is 3.22. The van der Waals surface area contributed by atoms with Crippen LogP contribution in [0.3, 0.4) is 0 Å². The summed E-state index contributed by atoms with van der Waals surface area (Å²) >= 11 is 2.04. The van der Waals surface area contributed by atoms with Gasteiger partial charge in [0.2, 0.25) is 0 Å². The molecular formula is C16H25FN2S. The van der Waals surface area contributed by atoms with Gasteiger partial charge in [0, 0.05) is 17.8 Å². The van der Waals surface area contributed by atoms with Crippen molar-refractivity contribution in [3.8, 4) is 0 Å². The normalized spacial score (nSPS) is 20.6. The van der Waals surface area contributed by atoms with Crippen molar-refractivity contribution in [2.24, 2.45) is 0 Å². The summed E-state index contributed by atoms with van der Waals surface area (Å²) in [5, 5.41) is 3.31. The van der Waals surface area contributed by atoms with E-state index in [1.54, 1.807) is 13.0 Å². The van der Waals surface area contributed by atoms with Crippen molar-refractivity contribution in [3.05, 3.63) is 35.1 Å². The highest BCUT2D eigenvalue weighted by Crippen LogP contribution is 2.24. The molecule has 0 aliphatic carbocycles. The number of thioether (sulfide) groups is 1. The van der Waals surface area contributed by atoms with Crippen LogP contribution in [0.25, 0.3) is 0 Å². The standard InChI is InChI=1S/C16H25FN2S/c1-12-4-5-13(10-15(12)17)16(18-2)6-8-19(3)14-7-9-20-11-14/h4-5,10,14,16,18H,6-9,11H2,1-3H3. The maximum atomic E-state index is 13.7. The van der Waals surface area contributed by atoms with Crippen LogP contribution < -0.4 is 5.32 Å². The summed E-state index contributed by atoms with van der Waals surface area (Å²) in [5.74, 6) is 2.43. The summed E-state index contributed by atoms with van der Waals surface area (Å²) in [7, 11) is 4.16. The Labute approximate surface area is 126 Å². The van der Waals surface area contributed by atoms with E-state index in [4.69, 9.17) is 0 Å². The van der Waals surface area contributed by atoms with Crippen molar-refractivity contribution in [2.45, 2.75) is 31.8 Å². The van der Waals surface area contributed by atoms with Crippen LogP contribution in [0.15, 0.2) is 18.2 Å². The van der Waals surface area contributed by atoms with Crippen molar-refractivity contribution in [1.82, 2.24) is 10.2 Å². The average Bonchev–Trinajstić information content (AvgIpc) is 2.97. The van der Waals surface area contributed by atoms with Gasteiger partial charge in [-0.3, -0.25) is 0 Å². The zero-order valence-corrected chi connectivity index (χ0v) is 13.5. The first-order chi connectivity index (χ1) is 9.61. The van der Waals surface area contributed by atoms with Crippen molar-refractivity contribution >= 4 is 11.8 Å². The minimum Gasteiger partial charge on any atom is -0.313 e. The van der Waals surface area contributed by atoms with Gasteiger partial charge in [0.05, 0.1) is 0 Å². The lowest BCUT2D eigenvalue weighted by Crippen LogP contribution is -2.34. The van der Waals surface area contributed by atoms with Crippen LogP contribution in [0.2, 0.25) is 0 Å². The molecule has 2 rings (SSSR count). The minimum atomic E-state index is -0.108. The highest BCUT2D eigenvalue weighted by Gasteiger charge is 2.21. The summed E-state index contributed by atoms with van der Waals surface area (Å²) in [4.78, 5) is 2.45. The van der Waals surface area contributed by atoms with E-state index in [0.717, 1.165) is 18.5 Å². The molecule has 1 aliphatic heterocycles. The maximum Gasteiger partial charge on any atom is 0.126 e. The Kier molecular flexibility index (Phi) is 5.87. The number of benzene rings is 1. The third kappa shape index (κ3) is 3.96. The molecule has 0 saturated carbocycles. The first kappa shape index (κ1) is 15.8. The highest BCUT2D eigenvalue weighted by molar-refractivity contribution is 7.99. The Morgan fingerprint density at radius 2 is 2.30 bits per heavy atom. The summed E-state index contributed by atoms with van der Waals surface area (Å²) in [5.41, 5.74) is 1.76. The second-order valence-electron chi connectivity index (χ2n) is 5.64. The Balaban J connectivity index is 1.92. The van der Waals surface area contributed by atoms with Gasteiger partial charge in [0.1, 0.15) is 5.82 Å². The lowest BCUT2D eigenvalue weighted by atomic mass is 10.0. The molecule has 112 valence electrons. The zero-order chi connectivity index (χ0) is 14.5. The molecule has 2 nitrogen and oxygen atoms in total. The molecule has 0 radical (unpaired) electrons. The third-order valence-electron chi connectivity index (χ3n) is 4.25. The van der Waals surface area contributed by atoms with Crippen molar-refractivity contribution in [2.75, 3.05) is 32.1 Å². The molecule has 0 amide bonds. The van der Waals surface area contributed by atoms with E-state index in [9.17, 15) is 4.39 Å². The van der Waals surface area contributed by atoms with E-state index in [2.05, 4.69) is 17.3 Å². The number of nitrogens with one attached hydrogen (secondary N) is 1. The van der Waals surface area contributed by atoms with E-state index in [0.29, 0.717) is 11.6 Å². The lowest BCUT2D eigenvalue weighted by molar-refractivity contribution is 0.248. The van der Waals surface area contributed by atoms with Crippen LogP contribution in [-0.4, -0.2) is 43.1 Å². The van der Waals surface area contributed by atoms with Crippen molar-refractivity contribution in [3.63, 3.8) is 0 Å². The number of hydrogen-bond donors (Lipinski definition) is 1. The zero-order valence-electron chi connectivity index (χ0n) is 12.7. The molecule has 1 fully saturated rings. The highest BCUT2D eigenvalue weighted by atomic mass is 32.2. The predicted molar refractivity (Wildman–Crippen MR) is 85.9 cm³/mol. The molecule has 1 heterocycles. The van der Waals surface area contributed by atoms with E-state index >= 15 is 0 Å². The second-order valence-corrected chi connectivity index (χ2v) is 6.79. The van der Waals surface area contributed by atoms with Gasteiger partial charge in [0.15, 0.2) is 0 Å². The molecule has 0 bridgehead atoms. The molecule has 1 aliphatic rings. The molecule has 2 unspecified atom stereocenters. The Bertz CT molecular complexity index is 432. The summed E-state index contributed by atoms with van der Waals surface area (Å²) in [6.45, 7) is 2.85. The van der Waals surface area contributed by atoms with Crippen LogP contribution in [-0.2, 0) is 0 Å². The van der Waals surface area contributed by atoms with Gasteiger partial charge in [-0.15, -0.1) is 0 Å². The van der Waals surface area contributed by atoms with Crippen LogP contribution in [0.4, 0.5) is 4.39 Å². The molecule has 1 saturated heterocycles. The van der Waals surface area contributed by atoms with Crippen LogP contribution in [0.1, 0.15) is 30.0 Å². The van der Waals surface area contributed by atoms with E-state index < -0.39 is 0 Å². The van der Waals surface area contributed by atoms with Gasteiger partial charge in [-0.1, -0.05) is 12.1 Å². The number of rotatable bonds is 6. The first-order valence-corrected chi connectivity index (χ1v) is 8.48. The van der Waals surface area contributed by atoms with Crippen LogP contribution in [0.5, 0.6) is 0 Å². The second kappa shape index (κ2) is 7.43. The fourth-order valence-corrected chi connectivity index (χ4v) is 3.99. The molecule has 1 aromatic carbocycles. The molecular weight excluding hydrogens is 271 g/mol. The molecule has 0 spiro atoms. The smallest absolute Gasteiger partial charge is 0.126 e.